The molecule has 2 unspecified atom stereocenters. The molecule has 0 aromatic heterocycles. The van der Waals surface area contributed by atoms with E-state index in [-0.39, 0.29) is 5.97 Å². The Kier molecular flexibility index (Phi) is 15.9. The van der Waals surface area contributed by atoms with E-state index in [2.05, 4.69) is 25.5 Å². The van der Waals surface area contributed by atoms with Gasteiger partial charge in [0.05, 0.1) is 13.2 Å². The number of methoxy groups -OCH3 is 1. The second-order valence-corrected chi connectivity index (χ2v) is 6.98. The zero-order valence-corrected chi connectivity index (χ0v) is 16.1. The van der Waals surface area contributed by atoms with Crippen LogP contribution in [0.3, 0.4) is 0 Å². The topological polar surface area (TPSA) is 35.5 Å². The first kappa shape index (κ1) is 22.4. The predicted molar refractivity (Wildman–Crippen MR) is 97.7 cm³/mol. The molecule has 3 nitrogen and oxygen atoms in total. The number of hydrogen-bond acceptors (Lipinski definition) is 3. The second-order valence-electron chi connectivity index (χ2n) is 6.98. The van der Waals surface area contributed by atoms with Crippen LogP contribution in [0.25, 0.3) is 0 Å². The molecule has 0 N–H and O–H groups in total. The van der Waals surface area contributed by atoms with Crippen molar-refractivity contribution in [2.75, 3.05) is 13.7 Å². The van der Waals surface area contributed by atoms with Gasteiger partial charge < -0.3 is 9.47 Å². The summed E-state index contributed by atoms with van der Waals surface area (Å²) >= 11 is 0. The van der Waals surface area contributed by atoms with E-state index in [1.165, 1.54) is 64.9 Å². The molecule has 0 rings (SSSR count). The summed E-state index contributed by atoms with van der Waals surface area (Å²) in [4.78, 5) is 11.0. The van der Waals surface area contributed by atoms with Gasteiger partial charge in [0, 0.05) is 13.0 Å². The molecule has 2 atom stereocenters. The van der Waals surface area contributed by atoms with E-state index >= 15 is 0 Å². The Labute approximate surface area is 144 Å². The van der Waals surface area contributed by atoms with Gasteiger partial charge in [-0.3, -0.25) is 4.79 Å². The van der Waals surface area contributed by atoms with Gasteiger partial charge in [0.1, 0.15) is 0 Å². The van der Waals surface area contributed by atoms with Crippen LogP contribution in [0.15, 0.2) is 0 Å². The molecule has 0 amide bonds. The first-order chi connectivity index (χ1) is 11.1. The minimum absolute atomic E-state index is 0.0808. The lowest BCUT2D eigenvalue weighted by atomic mass is 10.0. The first-order valence-electron chi connectivity index (χ1n) is 9.78. The van der Waals surface area contributed by atoms with Crippen LogP contribution in [-0.4, -0.2) is 25.8 Å². The quantitative estimate of drug-likeness (QED) is 0.261. The zero-order chi connectivity index (χ0) is 17.3. The largest absolute Gasteiger partial charge is 0.469 e. The minimum Gasteiger partial charge on any atom is -0.469 e. The highest BCUT2D eigenvalue weighted by Crippen LogP contribution is 2.14. The lowest BCUT2D eigenvalue weighted by Gasteiger charge is -2.17. The van der Waals surface area contributed by atoms with Gasteiger partial charge in [-0.15, -0.1) is 0 Å². The Morgan fingerprint density at radius 1 is 0.870 bits per heavy atom. The Hall–Kier alpha value is -0.570. The maximum Gasteiger partial charge on any atom is 0.305 e. The summed E-state index contributed by atoms with van der Waals surface area (Å²) in [5, 5.41) is 0. The van der Waals surface area contributed by atoms with Crippen LogP contribution in [0.2, 0.25) is 0 Å². The molecule has 138 valence electrons. The number of carbonyl (C=O) groups excluding carboxylic acids is 1. The fraction of sp³-hybridized carbons (Fsp3) is 0.950. The van der Waals surface area contributed by atoms with Crippen molar-refractivity contribution in [1.29, 1.82) is 0 Å². The lowest BCUT2D eigenvalue weighted by molar-refractivity contribution is -0.140. The molecule has 0 aliphatic carbocycles. The molecule has 0 aromatic carbocycles. The van der Waals surface area contributed by atoms with E-state index in [9.17, 15) is 4.79 Å². The second kappa shape index (κ2) is 16.3. The van der Waals surface area contributed by atoms with Crippen LogP contribution < -0.4 is 0 Å². The lowest BCUT2D eigenvalue weighted by Crippen LogP contribution is -2.14. The standard InChI is InChI=1S/C20H40O3/c1-5-6-11-15-19(3)23-17-18(2)14-12-9-7-8-10-13-16-20(21)22-4/h18-19H,5-17H2,1-4H3. The SMILES string of the molecule is CCCCCC(C)OCC(C)CCCCCCCCC(=O)OC. The first-order valence-corrected chi connectivity index (χ1v) is 9.78. The van der Waals surface area contributed by atoms with Crippen LogP contribution in [0, 0.1) is 5.92 Å². The molecular formula is C20H40O3. The van der Waals surface area contributed by atoms with Gasteiger partial charge >= 0.3 is 5.97 Å². The Balaban J connectivity index is 3.33. The highest BCUT2D eigenvalue weighted by Gasteiger charge is 2.06. The summed E-state index contributed by atoms with van der Waals surface area (Å²) in [5.41, 5.74) is 0. The highest BCUT2D eigenvalue weighted by molar-refractivity contribution is 5.68. The Morgan fingerprint density at radius 2 is 1.48 bits per heavy atom. The van der Waals surface area contributed by atoms with E-state index in [0.29, 0.717) is 18.4 Å². The van der Waals surface area contributed by atoms with E-state index in [1.807, 2.05) is 0 Å². The predicted octanol–water partition coefficient (Wildman–Crippen LogP) is 5.90. The van der Waals surface area contributed by atoms with Crippen molar-refractivity contribution in [2.24, 2.45) is 5.92 Å². The summed E-state index contributed by atoms with van der Waals surface area (Å²) in [6.07, 6.45) is 14.6. The van der Waals surface area contributed by atoms with Crippen molar-refractivity contribution in [3.63, 3.8) is 0 Å². The number of hydrogen-bond donors (Lipinski definition) is 0. The van der Waals surface area contributed by atoms with Crippen LogP contribution in [0.4, 0.5) is 0 Å². The summed E-state index contributed by atoms with van der Waals surface area (Å²) < 4.78 is 10.6. The zero-order valence-electron chi connectivity index (χ0n) is 16.1. The fourth-order valence-electron chi connectivity index (χ4n) is 2.75. The number of esters is 1. The number of unbranched alkanes of at least 4 members (excludes halogenated alkanes) is 7. The average molecular weight is 329 g/mol. The van der Waals surface area contributed by atoms with E-state index in [1.54, 1.807) is 0 Å². The van der Waals surface area contributed by atoms with E-state index < -0.39 is 0 Å². The van der Waals surface area contributed by atoms with Crippen LogP contribution in [-0.2, 0) is 14.3 Å². The average Bonchev–Trinajstić information content (AvgIpc) is 2.55. The van der Waals surface area contributed by atoms with Crippen molar-refractivity contribution >= 4 is 5.97 Å². The van der Waals surface area contributed by atoms with Gasteiger partial charge in [-0.2, -0.15) is 0 Å². The summed E-state index contributed by atoms with van der Waals surface area (Å²) in [6, 6.07) is 0. The third-order valence-electron chi connectivity index (χ3n) is 4.43. The van der Waals surface area contributed by atoms with Crippen LogP contribution in [0.1, 0.15) is 97.8 Å². The summed E-state index contributed by atoms with van der Waals surface area (Å²) in [6.45, 7) is 7.66. The molecule has 0 saturated heterocycles. The Morgan fingerprint density at radius 3 is 2.13 bits per heavy atom. The van der Waals surface area contributed by atoms with Crippen molar-refractivity contribution in [1.82, 2.24) is 0 Å². The maximum atomic E-state index is 11.0. The highest BCUT2D eigenvalue weighted by atomic mass is 16.5. The number of rotatable bonds is 16. The molecule has 0 aliphatic heterocycles. The third kappa shape index (κ3) is 16.1. The van der Waals surface area contributed by atoms with E-state index in [4.69, 9.17) is 4.74 Å². The van der Waals surface area contributed by atoms with E-state index in [0.717, 1.165) is 19.4 Å². The Bertz CT molecular complexity index is 266. The van der Waals surface area contributed by atoms with Gasteiger partial charge in [0.25, 0.3) is 0 Å². The molecule has 23 heavy (non-hydrogen) atoms. The smallest absolute Gasteiger partial charge is 0.305 e. The van der Waals surface area contributed by atoms with Crippen molar-refractivity contribution in [3.05, 3.63) is 0 Å². The van der Waals surface area contributed by atoms with Crippen molar-refractivity contribution in [2.45, 2.75) is 104 Å². The number of ether oxygens (including phenoxy) is 2. The van der Waals surface area contributed by atoms with Gasteiger partial charge in [-0.05, 0) is 32.1 Å². The molecule has 0 saturated carbocycles. The fourth-order valence-corrected chi connectivity index (χ4v) is 2.75. The molecule has 0 spiro atoms. The van der Waals surface area contributed by atoms with Gasteiger partial charge in [-0.25, -0.2) is 0 Å². The molecule has 0 radical (unpaired) electrons. The van der Waals surface area contributed by atoms with Gasteiger partial charge in [0.15, 0.2) is 0 Å². The monoisotopic (exact) mass is 328 g/mol. The molecular weight excluding hydrogens is 288 g/mol. The van der Waals surface area contributed by atoms with Crippen molar-refractivity contribution in [3.8, 4) is 0 Å². The molecule has 0 heterocycles. The maximum absolute atomic E-state index is 11.0. The van der Waals surface area contributed by atoms with Crippen LogP contribution in [0.5, 0.6) is 0 Å². The van der Waals surface area contributed by atoms with Crippen molar-refractivity contribution < 1.29 is 14.3 Å². The molecule has 0 bridgehead atoms. The molecule has 0 aromatic rings. The minimum atomic E-state index is -0.0808. The normalized spacial score (nSPS) is 13.7. The third-order valence-corrected chi connectivity index (χ3v) is 4.43. The van der Waals surface area contributed by atoms with Crippen LogP contribution >= 0.6 is 0 Å². The molecule has 3 heteroatoms. The summed E-state index contributed by atoms with van der Waals surface area (Å²) in [5.74, 6) is 0.589. The summed E-state index contributed by atoms with van der Waals surface area (Å²) in [7, 11) is 1.46. The van der Waals surface area contributed by atoms with Gasteiger partial charge in [0.2, 0.25) is 0 Å². The van der Waals surface area contributed by atoms with Gasteiger partial charge in [-0.1, -0.05) is 65.2 Å². The number of carbonyl (C=O) groups is 1. The molecule has 0 aliphatic rings. The molecule has 0 fully saturated rings.